The zero-order valence-corrected chi connectivity index (χ0v) is 13.9. The van der Waals surface area contributed by atoms with Crippen molar-refractivity contribution in [2.24, 2.45) is 27.5 Å². The van der Waals surface area contributed by atoms with Gasteiger partial charge in [0.15, 0.2) is 0 Å². The number of anilines is 1. The topological polar surface area (TPSA) is 54.3 Å². The van der Waals surface area contributed by atoms with E-state index in [1.807, 2.05) is 37.4 Å². The lowest BCUT2D eigenvalue weighted by Crippen LogP contribution is -2.53. The van der Waals surface area contributed by atoms with Gasteiger partial charge in [0.25, 0.3) is 0 Å². The predicted molar refractivity (Wildman–Crippen MR) is 92.0 cm³/mol. The van der Waals surface area contributed by atoms with Gasteiger partial charge < -0.3 is 4.74 Å². The van der Waals surface area contributed by atoms with E-state index in [0.29, 0.717) is 0 Å². The fourth-order valence-electron chi connectivity index (χ4n) is 3.13. The Morgan fingerprint density at radius 1 is 1.22 bits per heavy atom. The summed E-state index contributed by atoms with van der Waals surface area (Å²) in [5.41, 5.74) is 1.27. The summed E-state index contributed by atoms with van der Waals surface area (Å²) in [5, 5.41) is 8.00. The Labute approximate surface area is 136 Å². The van der Waals surface area contributed by atoms with Crippen molar-refractivity contribution in [1.82, 2.24) is 0 Å². The molecule has 5 nitrogen and oxygen atoms in total. The first-order chi connectivity index (χ1) is 11.0. The van der Waals surface area contributed by atoms with Gasteiger partial charge in [0.2, 0.25) is 5.91 Å². The van der Waals surface area contributed by atoms with Crippen LogP contribution in [-0.2, 0) is 4.79 Å². The van der Waals surface area contributed by atoms with Gasteiger partial charge in [-0.15, -0.1) is 0 Å². The van der Waals surface area contributed by atoms with Crippen LogP contribution >= 0.6 is 0 Å². The van der Waals surface area contributed by atoms with E-state index >= 15 is 0 Å². The van der Waals surface area contributed by atoms with Crippen molar-refractivity contribution in [3.8, 4) is 5.75 Å². The summed E-state index contributed by atoms with van der Waals surface area (Å²) in [4.78, 5) is 15.0. The second-order valence-electron chi connectivity index (χ2n) is 6.43. The molecule has 120 valence electrons. The largest absolute Gasteiger partial charge is 0.497 e. The molecule has 1 amide bonds. The van der Waals surface area contributed by atoms with Crippen molar-refractivity contribution < 1.29 is 9.53 Å². The van der Waals surface area contributed by atoms with Crippen LogP contribution in [0.15, 0.2) is 46.2 Å². The predicted octanol–water partition coefficient (Wildman–Crippen LogP) is 3.27. The lowest BCUT2D eigenvalue weighted by Gasteiger charge is -2.45. The molecule has 0 bridgehead atoms. The standard InChI is InChI=1S/C18H21N3O2/c1-12(2)18(3)16-10-20-19-9-13(16)11-21(17(18)22)14-5-7-15(23-4)8-6-14/h5-12,16H,1-4H3. The van der Waals surface area contributed by atoms with Gasteiger partial charge in [-0.25, -0.2) is 0 Å². The molecule has 1 aromatic rings. The SMILES string of the molecule is COc1ccc(N2C=C3C=NN=CC3C(C)(C(C)C)C2=O)cc1. The number of carbonyl (C=O) groups is 1. The Morgan fingerprint density at radius 2 is 1.91 bits per heavy atom. The van der Waals surface area contributed by atoms with Crippen molar-refractivity contribution in [3.05, 3.63) is 36.0 Å². The molecule has 3 rings (SSSR count). The monoisotopic (exact) mass is 311 g/mol. The average Bonchev–Trinajstić information content (AvgIpc) is 2.58. The first-order valence-corrected chi connectivity index (χ1v) is 7.74. The third-order valence-electron chi connectivity index (χ3n) is 5.00. The highest BCUT2D eigenvalue weighted by atomic mass is 16.5. The Bertz CT molecular complexity index is 703. The maximum atomic E-state index is 13.2. The van der Waals surface area contributed by atoms with E-state index in [4.69, 9.17) is 4.74 Å². The van der Waals surface area contributed by atoms with Crippen LogP contribution in [0.5, 0.6) is 5.75 Å². The van der Waals surface area contributed by atoms with Crippen LogP contribution in [0.1, 0.15) is 20.8 Å². The van der Waals surface area contributed by atoms with E-state index < -0.39 is 5.41 Å². The molecule has 0 saturated carbocycles. The summed E-state index contributed by atoms with van der Waals surface area (Å²) in [5.74, 6) is 0.972. The molecular formula is C18H21N3O2. The molecule has 23 heavy (non-hydrogen) atoms. The number of methoxy groups -OCH3 is 1. The Kier molecular flexibility index (Phi) is 3.80. The van der Waals surface area contributed by atoms with E-state index in [-0.39, 0.29) is 17.7 Å². The van der Waals surface area contributed by atoms with Crippen molar-refractivity contribution >= 4 is 24.0 Å². The Balaban J connectivity index is 2.08. The van der Waals surface area contributed by atoms with Crippen LogP contribution in [0.25, 0.3) is 0 Å². The van der Waals surface area contributed by atoms with Gasteiger partial charge in [-0.3, -0.25) is 9.69 Å². The molecule has 0 aromatic heterocycles. The van der Waals surface area contributed by atoms with E-state index in [0.717, 1.165) is 17.0 Å². The molecule has 2 heterocycles. The molecule has 0 N–H and O–H groups in total. The van der Waals surface area contributed by atoms with Crippen molar-refractivity contribution in [1.29, 1.82) is 0 Å². The number of hydrogen-bond acceptors (Lipinski definition) is 4. The summed E-state index contributed by atoms with van der Waals surface area (Å²) >= 11 is 0. The summed E-state index contributed by atoms with van der Waals surface area (Å²) in [6.45, 7) is 6.17. The maximum Gasteiger partial charge on any atom is 0.238 e. The fourth-order valence-corrected chi connectivity index (χ4v) is 3.13. The number of ether oxygens (including phenoxy) is 1. The van der Waals surface area contributed by atoms with Gasteiger partial charge in [0.05, 0.1) is 18.7 Å². The van der Waals surface area contributed by atoms with Crippen LogP contribution in [0, 0.1) is 17.3 Å². The highest BCUT2D eigenvalue weighted by molar-refractivity contribution is 6.07. The van der Waals surface area contributed by atoms with E-state index in [9.17, 15) is 4.79 Å². The first kappa shape index (κ1) is 15.5. The second-order valence-corrected chi connectivity index (χ2v) is 6.43. The normalized spacial score (nSPS) is 26.3. The van der Waals surface area contributed by atoms with E-state index in [1.165, 1.54) is 0 Å². The molecule has 0 spiro atoms. The van der Waals surface area contributed by atoms with Gasteiger partial charge in [-0.2, -0.15) is 10.2 Å². The highest BCUT2D eigenvalue weighted by Gasteiger charge is 2.50. The quantitative estimate of drug-likeness (QED) is 0.860. The number of fused-ring (bicyclic) bond motifs is 1. The molecule has 2 aliphatic heterocycles. The molecule has 0 saturated heterocycles. The molecular weight excluding hydrogens is 290 g/mol. The molecule has 2 atom stereocenters. The number of rotatable bonds is 3. The summed E-state index contributed by atoms with van der Waals surface area (Å²) in [6.07, 6.45) is 5.40. The first-order valence-electron chi connectivity index (χ1n) is 7.74. The lowest BCUT2D eigenvalue weighted by molar-refractivity contribution is -0.130. The zero-order valence-electron chi connectivity index (χ0n) is 13.9. The molecule has 1 aromatic carbocycles. The maximum absolute atomic E-state index is 13.2. The van der Waals surface area contributed by atoms with Crippen LogP contribution in [0.3, 0.4) is 0 Å². The van der Waals surface area contributed by atoms with Gasteiger partial charge in [-0.05, 0) is 42.7 Å². The number of benzene rings is 1. The Hall–Kier alpha value is -2.43. The minimum atomic E-state index is -0.556. The molecule has 5 heteroatoms. The number of carbonyl (C=O) groups excluding carboxylic acids is 1. The second kappa shape index (κ2) is 5.65. The minimum Gasteiger partial charge on any atom is -0.497 e. The third-order valence-corrected chi connectivity index (χ3v) is 5.00. The zero-order chi connectivity index (χ0) is 16.6. The average molecular weight is 311 g/mol. The molecule has 2 unspecified atom stereocenters. The van der Waals surface area contributed by atoms with Crippen molar-refractivity contribution in [3.63, 3.8) is 0 Å². The van der Waals surface area contributed by atoms with E-state index in [2.05, 4.69) is 24.1 Å². The Morgan fingerprint density at radius 3 is 2.52 bits per heavy atom. The summed E-state index contributed by atoms with van der Waals surface area (Å²) in [7, 11) is 1.63. The smallest absolute Gasteiger partial charge is 0.238 e. The highest BCUT2D eigenvalue weighted by Crippen LogP contribution is 2.45. The molecule has 2 aliphatic rings. The van der Waals surface area contributed by atoms with Crippen LogP contribution in [0.2, 0.25) is 0 Å². The van der Waals surface area contributed by atoms with Crippen LogP contribution in [0.4, 0.5) is 5.69 Å². The number of allylic oxidation sites excluding steroid dienone is 1. The molecule has 0 radical (unpaired) electrons. The van der Waals surface area contributed by atoms with Crippen LogP contribution in [-0.4, -0.2) is 25.4 Å². The summed E-state index contributed by atoms with van der Waals surface area (Å²) in [6, 6.07) is 7.50. The van der Waals surface area contributed by atoms with Crippen molar-refractivity contribution in [2.45, 2.75) is 20.8 Å². The molecule has 0 fully saturated rings. The fraction of sp³-hybridized carbons (Fsp3) is 0.389. The van der Waals surface area contributed by atoms with Gasteiger partial charge in [-0.1, -0.05) is 13.8 Å². The lowest BCUT2D eigenvalue weighted by atomic mass is 9.64. The van der Waals surface area contributed by atoms with Crippen LogP contribution < -0.4 is 9.64 Å². The summed E-state index contributed by atoms with van der Waals surface area (Å²) < 4.78 is 5.19. The number of hydrogen-bond donors (Lipinski definition) is 0. The minimum absolute atomic E-state index is 0.0398. The number of nitrogens with zero attached hydrogens (tertiary/aromatic N) is 3. The number of amides is 1. The third kappa shape index (κ3) is 2.36. The van der Waals surface area contributed by atoms with E-state index in [1.54, 1.807) is 24.4 Å². The van der Waals surface area contributed by atoms with Gasteiger partial charge in [0, 0.05) is 24.0 Å². The van der Waals surface area contributed by atoms with Gasteiger partial charge in [0.1, 0.15) is 5.75 Å². The van der Waals surface area contributed by atoms with Gasteiger partial charge >= 0.3 is 0 Å². The van der Waals surface area contributed by atoms with Crippen molar-refractivity contribution in [2.75, 3.05) is 12.0 Å². The molecule has 0 aliphatic carbocycles.